The Morgan fingerprint density at radius 2 is 2.21 bits per heavy atom. The maximum absolute atomic E-state index is 11.9. The fourth-order valence-electron chi connectivity index (χ4n) is 1.71. The average Bonchev–Trinajstić information content (AvgIpc) is 2.34. The van der Waals surface area contributed by atoms with Crippen molar-refractivity contribution >= 4 is 39.1 Å². The molecule has 1 aromatic heterocycles. The molecule has 1 heterocycles. The first-order chi connectivity index (χ1) is 9.04. The first-order valence-electron chi connectivity index (χ1n) is 5.71. The van der Waals surface area contributed by atoms with Crippen molar-refractivity contribution in [1.29, 1.82) is 0 Å². The molecule has 0 saturated heterocycles. The molecule has 1 amide bonds. The highest BCUT2D eigenvalue weighted by atomic mass is 79.9. The van der Waals surface area contributed by atoms with Crippen LogP contribution < -0.4 is 5.32 Å². The number of nitrogens with zero attached hydrogens (tertiary/aromatic N) is 1. The average molecular weight is 340 g/mol. The van der Waals surface area contributed by atoms with Crippen LogP contribution in [0.5, 0.6) is 0 Å². The SMILES string of the molecule is Cc1cccc(CC(=O)Nc2cc(Br)cnc2Cl)c1. The van der Waals surface area contributed by atoms with Crippen molar-refractivity contribution in [2.75, 3.05) is 5.32 Å². The van der Waals surface area contributed by atoms with Gasteiger partial charge < -0.3 is 5.32 Å². The molecule has 2 aromatic rings. The number of pyridine rings is 1. The predicted molar refractivity (Wildman–Crippen MR) is 80.5 cm³/mol. The van der Waals surface area contributed by atoms with Crippen LogP contribution in [0.15, 0.2) is 41.0 Å². The summed E-state index contributed by atoms with van der Waals surface area (Å²) in [6.45, 7) is 2.00. The van der Waals surface area contributed by atoms with Crippen LogP contribution in [0.25, 0.3) is 0 Å². The van der Waals surface area contributed by atoms with Gasteiger partial charge in [0.1, 0.15) is 0 Å². The second-order valence-electron chi connectivity index (χ2n) is 4.21. The number of aromatic nitrogens is 1. The Morgan fingerprint density at radius 1 is 1.42 bits per heavy atom. The summed E-state index contributed by atoms with van der Waals surface area (Å²) in [6, 6.07) is 9.57. The molecule has 0 bridgehead atoms. The topological polar surface area (TPSA) is 42.0 Å². The first-order valence-corrected chi connectivity index (χ1v) is 6.88. The van der Waals surface area contributed by atoms with E-state index in [2.05, 4.69) is 26.2 Å². The number of amides is 1. The lowest BCUT2D eigenvalue weighted by molar-refractivity contribution is -0.115. The zero-order valence-corrected chi connectivity index (χ0v) is 12.6. The summed E-state index contributed by atoms with van der Waals surface area (Å²) < 4.78 is 0.766. The molecule has 0 aliphatic heterocycles. The number of hydrogen-bond acceptors (Lipinski definition) is 2. The van der Waals surface area contributed by atoms with E-state index in [0.717, 1.165) is 15.6 Å². The maximum atomic E-state index is 11.9. The monoisotopic (exact) mass is 338 g/mol. The third kappa shape index (κ3) is 4.04. The fraction of sp³-hybridized carbons (Fsp3) is 0.143. The lowest BCUT2D eigenvalue weighted by atomic mass is 10.1. The summed E-state index contributed by atoms with van der Waals surface area (Å²) >= 11 is 9.21. The third-order valence-electron chi connectivity index (χ3n) is 2.53. The normalized spacial score (nSPS) is 10.3. The van der Waals surface area contributed by atoms with Crippen molar-refractivity contribution in [1.82, 2.24) is 4.98 Å². The van der Waals surface area contributed by atoms with Gasteiger partial charge in [-0.25, -0.2) is 4.98 Å². The Bertz CT molecular complexity index is 616. The molecule has 19 heavy (non-hydrogen) atoms. The minimum atomic E-state index is -0.118. The van der Waals surface area contributed by atoms with Gasteiger partial charge in [-0.3, -0.25) is 4.79 Å². The lowest BCUT2D eigenvalue weighted by Crippen LogP contribution is -2.15. The number of anilines is 1. The molecule has 0 saturated carbocycles. The van der Waals surface area contributed by atoms with Gasteiger partial charge in [0.15, 0.2) is 5.15 Å². The van der Waals surface area contributed by atoms with E-state index in [1.165, 1.54) is 0 Å². The molecule has 0 unspecified atom stereocenters. The second-order valence-corrected chi connectivity index (χ2v) is 5.48. The molecule has 0 atom stereocenters. The summed E-state index contributed by atoms with van der Waals surface area (Å²) in [6.07, 6.45) is 1.89. The van der Waals surface area contributed by atoms with Crippen molar-refractivity contribution in [2.24, 2.45) is 0 Å². The number of nitrogens with one attached hydrogen (secondary N) is 1. The Labute approximate surface area is 125 Å². The van der Waals surface area contributed by atoms with E-state index in [4.69, 9.17) is 11.6 Å². The molecule has 2 rings (SSSR count). The van der Waals surface area contributed by atoms with Crippen molar-refractivity contribution < 1.29 is 4.79 Å². The van der Waals surface area contributed by atoms with Crippen molar-refractivity contribution in [3.8, 4) is 0 Å². The van der Waals surface area contributed by atoms with Gasteiger partial charge in [-0.15, -0.1) is 0 Å². The standard InChI is InChI=1S/C14H12BrClN2O/c1-9-3-2-4-10(5-9)6-13(19)18-12-7-11(15)8-17-14(12)16/h2-5,7-8H,6H2,1H3,(H,18,19). The van der Waals surface area contributed by atoms with Crippen LogP contribution >= 0.6 is 27.5 Å². The molecule has 0 fully saturated rings. The van der Waals surface area contributed by atoms with E-state index >= 15 is 0 Å². The number of rotatable bonds is 3. The summed E-state index contributed by atoms with van der Waals surface area (Å²) in [5.74, 6) is -0.118. The minimum Gasteiger partial charge on any atom is -0.323 e. The molecule has 0 aliphatic rings. The molecule has 3 nitrogen and oxygen atoms in total. The number of hydrogen-bond donors (Lipinski definition) is 1. The van der Waals surface area contributed by atoms with Crippen LogP contribution in [0, 0.1) is 6.92 Å². The smallest absolute Gasteiger partial charge is 0.228 e. The number of aryl methyl sites for hydroxylation is 1. The van der Waals surface area contributed by atoms with E-state index in [0.29, 0.717) is 12.1 Å². The van der Waals surface area contributed by atoms with E-state index < -0.39 is 0 Å². The van der Waals surface area contributed by atoms with Crippen molar-refractivity contribution in [3.05, 3.63) is 57.3 Å². The molecular formula is C14H12BrClN2O. The largest absolute Gasteiger partial charge is 0.323 e. The summed E-state index contributed by atoms with van der Waals surface area (Å²) in [4.78, 5) is 15.9. The highest BCUT2D eigenvalue weighted by molar-refractivity contribution is 9.10. The first kappa shape index (κ1) is 14.0. The fourth-order valence-corrected chi connectivity index (χ4v) is 2.19. The molecule has 98 valence electrons. The quantitative estimate of drug-likeness (QED) is 0.859. The molecule has 1 N–H and O–H groups in total. The van der Waals surface area contributed by atoms with Gasteiger partial charge >= 0.3 is 0 Å². The van der Waals surface area contributed by atoms with Gasteiger partial charge in [0.25, 0.3) is 0 Å². The zero-order valence-electron chi connectivity index (χ0n) is 10.3. The maximum Gasteiger partial charge on any atom is 0.228 e. The molecule has 0 radical (unpaired) electrons. The van der Waals surface area contributed by atoms with E-state index in [-0.39, 0.29) is 11.1 Å². The molecular weight excluding hydrogens is 328 g/mol. The van der Waals surface area contributed by atoms with Crippen LogP contribution in [-0.4, -0.2) is 10.9 Å². The predicted octanol–water partition coefficient (Wildman–Crippen LogP) is 3.99. The third-order valence-corrected chi connectivity index (χ3v) is 3.26. The Hall–Kier alpha value is -1.39. The van der Waals surface area contributed by atoms with Gasteiger partial charge in [-0.05, 0) is 34.5 Å². The second kappa shape index (κ2) is 6.17. The van der Waals surface area contributed by atoms with E-state index in [1.807, 2.05) is 31.2 Å². The van der Waals surface area contributed by atoms with Gasteiger partial charge in [0, 0.05) is 10.7 Å². The molecule has 5 heteroatoms. The lowest BCUT2D eigenvalue weighted by Gasteiger charge is -2.07. The number of carbonyl (C=O) groups excluding carboxylic acids is 1. The van der Waals surface area contributed by atoms with Crippen molar-refractivity contribution in [3.63, 3.8) is 0 Å². The highest BCUT2D eigenvalue weighted by Gasteiger charge is 2.08. The van der Waals surface area contributed by atoms with Gasteiger partial charge in [-0.1, -0.05) is 41.4 Å². The van der Waals surface area contributed by atoms with Crippen LogP contribution in [0.1, 0.15) is 11.1 Å². The summed E-state index contributed by atoms with van der Waals surface area (Å²) in [5, 5.41) is 3.03. The number of benzene rings is 1. The minimum absolute atomic E-state index is 0.118. The molecule has 0 spiro atoms. The van der Waals surface area contributed by atoms with Gasteiger partial charge in [0.05, 0.1) is 12.1 Å². The van der Waals surface area contributed by atoms with Gasteiger partial charge in [-0.2, -0.15) is 0 Å². The van der Waals surface area contributed by atoms with Crippen LogP contribution in [-0.2, 0) is 11.2 Å². The Morgan fingerprint density at radius 3 is 2.95 bits per heavy atom. The Kier molecular flexibility index (Phi) is 4.56. The highest BCUT2D eigenvalue weighted by Crippen LogP contribution is 2.23. The van der Waals surface area contributed by atoms with Crippen molar-refractivity contribution in [2.45, 2.75) is 13.3 Å². The summed E-state index contributed by atoms with van der Waals surface area (Å²) in [7, 11) is 0. The molecule has 1 aromatic carbocycles. The summed E-state index contributed by atoms with van der Waals surface area (Å²) in [5.41, 5.74) is 2.61. The van der Waals surface area contributed by atoms with E-state index in [1.54, 1.807) is 12.3 Å². The van der Waals surface area contributed by atoms with Crippen LogP contribution in [0.2, 0.25) is 5.15 Å². The van der Waals surface area contributed by atoms with Crippen LogP contribution in [0.3, 0.4) is 0 Å². The number of halogens is 2. The van der Waals surface area contributed by atoms with E-state index in [9.17, 15) is 4.79 Å². The Balaban J connectivity index is 2.07. The number of carbonyl (C=O) groups is 1. The van der Waals surface area contributed by atoms with Gasteiger partial charge in [0.2, 0.25) is 5.91 Å². The molecule has 0 aliphatic carbocycles. The van der Waals surface area contributed by atoms with Crippen LogP contribution in [0.4, 0.5) is 5.69 Å². The zero-order chi connectivity index (χ0) is 13.8.